The van der Waals surface area contributed by atoms with Crippen LogP contribution in [0.25, 0.3) is 0 Å². The van der Waals surface area contributed by atoms with E-state index in [1.165, 1.54) is 18.2 Å². The van der Waals surface area contributed by atoms with Crippen LogP contribution in [0.4, 0.5) is 10.1 Å². The largest absolute Gasteiger partial charge is 0.352 e. The Bertz CT molecular complexity index is 696. The lowest BCUT2D eigenvalue weighted by Crippen LogP contribution is -2.27. The molecule has 5 heteroatoms. The van der Waals surface area contributed by atoms with E-state index in [0.29, 0.717) is 29.3 Å². The van der Waals surface area contributed by atoms with Crippen LogP contribution in [0.1, 0.15) is 34.6 Å². The van der Waals surface area contributed by atoms with Crippen LogP contribution < -0.4 is 10.6 Å². The van der Waals surface area contributed by atoms with Crippen molar-refractivity contribution in [2.24, 2.45) is 5.92 Å². The van der Waals surface area contributed by atoms with Crippen LogP contribution >= 0.6 is 0 Å². The predicted octanol–water partition coefficient (Wildman–Crippen LogP) is 3.46. The van der Waals surface area contributed by atoms with Crippen molar-refractivity contribution < 1.29 is 14.0 Å². The van der Waals surface area contributed by atoms with Crippen LogP contribution in [0.15, 0.2) is 48.5 Å². The first kappa shape index (κ1) is 16.7. The molecule has 0 saturated heterocycles. The molecule has 0 fully saturated rings. The summed E-state index contributed by atoms with van der Waals surface area (Å²) in [6, 6.07) is 12.0. The van der Waals surface area contributed by atoms with Gasteiger partial charge in [0.2, 0.25) is 0 Å². The van der Waals surface area contributed by atoms with Gasteiger partial charge in [-0.1, -0.05) is 19.9 Å². The summed E-state index contributed by atoms with van der Waals surface area (Å²) in [5, 5.41) is 5.42. The molecule has 0 aromatic heterocycles. The van der Waals surface area contributed by atoms with Crippen molar-refractivity contribution in [1.29, 1.82) is 0 Å². The van der Waals surface area contributed by atoms with Crippen molar-refractivity contribution in [3.05, 3.63) is 65.5 Å². The molecule has 0 radical (unpaired) electrons. The third-order valence-electron chi connectivity index (χ3n) is 3.16. The molecule has 2 aromatic rings. The molecule has 0 heterocycles. The number of nitrogens with one attached hydrogen (secondary N) is 2. The number of anilines is 1. The fraction of sp³-hybridized carbons (Fsp3) is 0.222. The topological polar surface area (TPSA) is 58.2 Å². The standard InChI is InChI=1S/C18H19FN2O2/c1-12(2)11-20-17(22)13-6-8-14(9-7-13)18(23)21-16-5-3-4-15(19)10-16/h3-10,12H,11H2,1-2H3,(H,20,22)(H,21,23). The lowest BCUT2D eigenvalue weighted by atomic mass is 10.1. The SMILES string of the molecule is CC(C)CNC(=O)c1ccc(C(=O)Nc2cccc(F)c2)cc1. The van der Waals surface area contributed by atoms with Crippen LogP contribution in [0.2, 0.25) is 0 Å². The number of amides is 2. The van der Waals surface area contributed by atoms with E-state index >= 15 is 0 Å². The van der Waals surface area contributed by atoms with Crippen molar-refractivity contribution in [2.75, 3.05) is 11.9 Å². The molecule has 2 aromatic carbocycles. The van der Waals surface area contributed by atoms with Crippen LogP contribution in [0.5, 0.6) is 0 Å². The van der Waals surface area contributed by atoms with Gasteiger partial charge in [0, 0.05) is 23.4 Å². The zero-order valence-corrected chi connectivity index (χ0v) is 13.1. The molecule has 23 heavy (non-hydrogen) atoms. The van der Waals surface area contributed by atoms with Crippen LogP contribution in [-0.4, -0.2) is 18.4 Å². The summed E-state index contributed by atoms with van der Waals surface area (Å²) in [5.41, 5.74) is 1.27. The number of carbonyl (C=O) groups excluding carboxylic acids is 2. The van der Waals surface area contributed by atoms with Crippen molar-refractivity contribution in [2.45, 2.75) is 13.8 Å². The molecule has 4 nitrogen and oxygen atoms in total. The quantitative estimate of drug-likeness (QED) is 0.888. The highest BCUT2D eigenvalue weighted by Crippen LogP contribution is 2.12. The molecule has 2 N–H and O–H groups in total. The predicted molar refractivity (Wildman–Crippen MR) is 88.0 cm³/mol. The minimum atomic E-state index is -0.417. The van der Waals surface area contributed by atoms with E-state index in [9.17, 15) is 14.0 Å². The molecule has 120 valence electrons. The first-order chi connectivity index (χ1) is 11.0. The number of hydrogen-bond donors (Lipinski definition) is 2. The maximum Gasteiger partial charge on any atom is 0.255 e. The summed E-state index contributed by atoms with van der Waals surface area (Å²) in [6.45, 7) is 4.63. The average molecular weight is 314 g/mol. The van der Waals surface area contributed by atoms with Gasteiger partial charge in [0.1, 0.15) is 5.82 Å². The van der Waals surface area contributed by atoms with Gasteiger partial charge in [-0.3, -0.25) is 9.59 Å². The molecule has 0 atom stereocenters. The number of carbonyl (C=O) groups is 2. The lowest BCUT2D eigenvalue weighted by Gasteiger charge is -2.08. The first-order valence-corrected chi connectivity index (χ1v) is 7.41. The summed E-state index contributed by atoms with van der Waals surface area (Å²) >= 11 is 0. The normalized spacial score (nSPS) is 10.4. The fourth-order valence-electron chi connectivity index (χ4n) is 1.94. The van der Waals surface area contributed by atoms with Gasteiger partial charge in [-0.25, -0.2) is 4.39 Å². The Morgan fingerprint density at radius 2 is 1.61 bits per heavy atom. The van der Waals surface area contributed by atoms with E-state index in [1.807, 2.05) is 13.8 Å². The van der Waals surface area contributed by atoms with Crippen molar-refractivity contribution in [3.63, 3.8) is 0 Å². The Morgan fingerprint density at radius 1 is 1.00 bits per heavy atom. The molecule has 2 rings (SSSR count). The maximum absolute atomic E-state index is 13.1. The van der Waals surface area contributed by atoms with Gasteiger partial charge in [-0.2, -0.15) is 0 Å². The van der Waals surface area contributed by atoms with Crippen molar-refractivity contribution in [3.8, 4) is 0 Å². The second kappa shape index (κ2) is 7.54. The number of halogens is 1. The molecule has 0 aliphatic rings. The Morgan fingerprint density at radius 3 is 2.17 bits per heavy atom. The molecule has 2 amide bonds. The Balaban J connectivity index is 2.01. The fourth-order valence-corrected chi connectivity index (χ4v) is 1.94. The molecular weight excluding hydrogens is 295 g/mol. The van der Waals surface area contributed by atoms with E-state index in [4.69, 9.17) is 0 Å². The molecule has 0 bridgehead atoms. The van der Waals surface area contributed by atoms with Gasteiger partial charge in [0.15, 0.2) is 0 Å². The van der Waals surface area contributed by atoms with Crippen LogP contribution in [0, 0.1) is 11.7 Å². The second-order valence-corrected chi connectivity index (χ2v) is 5.65. The van der Waals surface area contributed by atoms with E-state index in [-0.39, 0.29) is 11.8 Å². The van der Waals surface area contributed by atoms with Crippen molar-refractivity contribution in [1.82, 2.24) is 5.32 Å². The highest BCUT2D eigenvalue weighted by Gasteiger charge is 2.09. The summed E-state index contributed by atoms with van der Waals surface area (Å²) in [7, 11) is 0. The minimum Gasteiger partial charge on any atom is -0.352 e. The third kappa shape index (κ3) is 4.92. The molecule has 0 aliphatic carbocycles. The van der Waals surface area contributed by atoms with Gasteiger partial charge in [0.25, 0.3) is 11.8 Å². The van der Waals surface area contributed by atoms with Crippen LogP contribution in [-0.2, 0) is 0 Å². The molecule has 0 aliphatic heterocycles. The number of benzene rings is 2. The van der Waals surface area contributed by atoms with Gasteiger partial charge in [0.05, 0.1) is 0 Å². The first-order valence-electron chi connectivity index (χ1n) is 7.41. The van der Waals surface area contributed by atoms with Gasteiger partial charge < -0.3 is 10.6 Å². The second-order valence-electron chi connectivity index (χ2n) is 5.65. The zero-order valence-electron chi connectivity index (χ0n) is 13.1. The molecule has 0 unspecified atom stereocenters. The lowest BCUT2D eigenvalue weighted by molar-refractivity contribution is 0.0947. The molecular formula is C18H19FN2O2. The Hall–Kier alpha value is -2.69. The maximum atomic E-state index is 13.1. The highest BCUT2D eigenvalue weighted by atomic mass is 19.1. The summed E-state index contributed by atoms with van der Waals surface area (Å²) in [5.74, 6) is -0.573. The van der Waals surface area contributed by atoms with E-state index in [2.05, 4.69) is 10.6 Å². The third-order valence-corrected chi connectivity index (χ3v) is 3.16. The zero-order chi connectivity index (χ0) is 16.8. The molecule has 0 saturated carbocycles. The molecule has 0 spiro atoms. The monoisotopic (exact) mass is 314 g/mol. The summed E-state index contributed by atoms with van der Waals surface area (Å²) < 4.78 is 13.1. The average Bonchev–Trinajstić information content (AvgIpc) is 2.52. The number of hydrogen-bond acceptors (Lipinski definition) is 2. The van der Waals surface area contributed by atoms with Crippen molar-refractivity contribution >= 4 is 17.5 Å². The summed E-state index contributed by atoms with van der Waals surface area (Å²) in [4.78, 5) is 24.0. The summed E-state index contributed by atoms with van der Waals surface area (Å²) in [6.07, 6.45) is 0. The van der Waals surface area contributed by atoms with E-state index in [0.717, 1.165) is 0 Å². The van der Waals surface area contributed by atoms with E-state index < -0.39 is 5.82 Å². The Labute approximate surface area is 134 Å². The Kier molecular flexibility index (Phi) is 5.46. The smallest absolute Gasteiger partial charge is 0.255 e. The van der Waals surface area contributed by atoms with Gasteiger partial charge in [-0.15, -0.1) is 0 Å². The van der Waals surface area contributed by atoms with Crippen LogP contribution in [0.3, 0.4) is 0 Å². The van der Waals surface area contributed by atoms with E-state index in [1.54, 1.807) is 30.3 Å². The minimum absolute atomic E-state index is 0.171. The van der Waals surface area contributed by atoms with Gasteiger partial charge in [-0.05, 0) is 48.4 Å². The van der Waals surface area contributed by atoms with Gasteiger partial charge >= 0.3 is 0 Å². The number of rotatable bonds is 5. The highest BCUT2D eigenvalue weighted by molar-refractivity contribution is 6.05.